The van der Waals surface area contributed by atoms with Gasteiger partial charge in [-0.3, -0.25) is 4.57 Å². The van der Waals surface area contributed by atoms with Crippen molar-refractivity contribution in [2.24, 2.45) is 0 Å². The Morgan fingerprint density at radius 3 is 2.50 bits per heavy atom. The van der Waals surface area contributed by atoms with Gasteiger partial charge in [0.2, 0.25) is 0 Å². The first-order valence-corrected chi connectivity index (χ1v) is 10.5. The maximum Gasteiger partial charge on any atom is 0.196 e. The molecule has 5 nitrogen and oxygen atoms in total. The second-order valence-corrected chi connectivity index (χ2v) is 7.75. The molecule has 30 heavy (non-hydrogen) atoms. The molecule has 0 bridgehead atoms. The molecule has 0 amide bonds. The van der Waals surface area contributed by atoms with E-state index in [1.807, 2.05) is 77.4 Å². The van der Waals surface area contributed by atoms with Crippen LogP contribution in [0.4, 0.5) is 0 Å². The molecule has 7 heteroatoms. The van der Waals surface area contributed by atoms with Crippen LogP contribution in [0.3, 0.4) is 0 Å². The largest absolute Gasteiger partial charge is 0.496 e. The summed E-state index contributed by atoms with van der Waals surface area (Å²) in [4.78, 5) is 0. The summed E-state index contributed by atoms with van der Waals surface area (Å²) in [6, 6.07) is 25.0. The number of thioether (sulfide) groups is 1. The summed E-state index contributed by atoms with van der Waals surface area (Å²) in [6.07, 6.45) is 0. The normalized spacial score (nSPS) is 10.6. The number of nitrogens with zero attached hydrogens (tertiary/aromatic N) is 4. The standard InChI is InChI=1S/C23H17ClN4OS/c1-29-21-9-5-4-8-20(21)22-26-27-23(28(22)19-12-10-18(24)11-13-19)30-15-17-7-3-2-6-16(17)14-25/h2-13H,15H2,1H3. The number of aromatic nitrogens is 3. The third-order valence-corrected chi connectivity index (χ3v) is 5.79. The molecule has 4 aromatic rings. The predicted octanol–water partition coefficient (Wildman–Crippen LogP) is 5.76. The summed E-state index contributed by atoms with van der Waals surface area (Å²) in [5, 5.41) is 19.6. The Bertz CT molecular complexity index is 1210. The summed E-state index contributed by atoms with van der Waals surface area (Å²) in [6.45, 7) is 0. The third-order valence-electron chi connectivity index (χ3n) is 4.56. The number of halogens is 1. The van der Waals surface area contributed by atoms with Gasteiger partial charge in [0.25, 0.3) is 0 Å². The van der Waals surface area contributed by atoms with Gasteiger partial charge >= 0.3 is 0 Å². The second kappa shape index (κ2) is 9.04. The van der Waals surface area contributed by atoms with E-state index in [-0.39, 0.29) is 0 Å². The Kier molecular flexibility index (Phi) is 6.03. The number of ether oxygens (including phenoxy) is 1. The molecule has 0 N–H and O–H groups in total. The van der Waals surface area contributed by atoms with Crippen LogP contribution >= 0.6 is 23.4 Å². The summed E-state index contributed by atoms with van der Waals surface area (Å²) in [5.41, 5.74) is 3.34. The van der Waals surface area contributed by atoms with Crippen LogP contribution in [0.1, 0.15) is 11.1 Å². The Morgan fingerprint density at radius 1 is 1.00 bits per heavy atom. The van der Waals surface area contributed by atoms with Crippen molar-refractivity contribution in [1.29, 1.82) is 5.26 Å². The van der Waals surface area contributed by atoms with Crippen LogP contribution in [0, 0.1) is 11.3 Å². The smallest absolute Gasteiger partial charge is 0.196 e. The quantitative estimate of drug-likeness (QED) is 0.362. The minimum Gasteiger partial charge on any atom is -0.496 e. The molecular formula is C23H17ClN4OS. The van der Waals surface area contributed by atoms with E-state index < -0.39 is 0 Å². The van der Waals surface area contributed by atoms with Crippen molar-refractivity contribution in [2.45, 2.75) is 10.9 Å². The molecule has 0 aliphatic rings. The van der Waals surface area contributed by atoms with E-state index in [4.69, 9.17) is 16.3 Å². The minimum atomic E-state index is 0.599. The van der Waals surface area contributed by atoms with Gasteiger partial charge in [0.1, 0.15) is 5.75 Å². The highest BCUT2D eigenvalue weighted by Gasteiger charge is 2.19. The number of para-hydroxylation sites is 1. The molecule has 0 saturated carbocycles. The number of nitriles is 1. The van der Waals surface area contributed by atoms with E-state index in [1.54, 1.807) is 7.11 Å². The van der Waals surface area contributed by atoms with Crippen molar-refractivity contribution >= 4 is 23.4 Å². The molecule has 3 aromatic carbocycles. The van der Waals surface area contributed by atoms with Gasteiger partial charge < -0.3 is 4.74 Å². The Morgan fingerprint density at radius 2 is 1.73 bits per heavy atom. The molecule has 0 aliphatic heterocycles. The molecule has 0 saturated heterocycles. The lowest BCUT2D eigenvalue weighted by Crippen LogP contribution is -2.01. The van der Waals surface area contributed by atoms with E-state index >= 15 is 0 Å². The number of hydrogen-bond acceptors (Lipinski definition) is 5. The van der Waals surface area contributed by atoms with E-state index in [0.717, 1.165) is 16.8 Å². The van der Waals surface area contributed by atoms with Crippen LogP contribution in [0.15, 0.2) is 78.0 Å². The van der Waals surface area contributed by atoms with Gasteiger partial charge in [0.15, 0.2) is 11.0 Å². The fourth-order valence-electron chi connectivity index (χ4n) is 3.09. The van der Waals surface area contributed by atoms with E-state index in [0.29, 0.717) is 33.1 Å². The summed E-state index contributed by atoms with van der Waals surface area (Å²) >= 11 is 7.62. The molecule has 0 spiro atoms. The van der Waals surface area contributed by atoms with Gasteiger partial charge in [-0.15, -0.1) is 10.2 Å². The fraction of sp³-hybridized carbons (Fsp3) is 0.0870. The van der Waals surface area contributed by atoms with Crippen molar-refractivity contribution < 1.29 is 4.74 Å². The van der Waals surface area contributed by atoms with Crippen LogP contribution in [0.25, 0.3) is 17.1 Å². The van der Waals surface area contributed by atoms with Crippen LogP contribution < -0.4 is 4.74 Å². The molecule has 0 aliphatic carbocycles. The summed E-state index contributed by atoms with van der Waals surface area (Å²) in [7, 11) is 1.64. The van der Waals surface area contributed by atoms with Gasteiger partial charge in [-0.05, 0) is 48.0 Å². The Hall–Kier alpha value is -3.27. The number of hydrogen-bond donors (Lipinski definition) is 0. The first-order chi connectivity index (χ1) is 14.7. The van der Waals surface area contributed by atoms with Crippen molar-refractivity contribution in [1.82, 2.24) is 14.8 Å². The molecule has 4 rings (SSSR count). The highest BCUT2D eigenvalue weighted by Crippen LogP contribution is 2.34. The van der Waals surface area contributed by atoms with Crippen LogP contribution in [-0.4, -0.2) is 21.9 Å². The number of benzene rings is 3. The monoisotopic (exact) mass is 432 g/mol. The van der Waals surface area contributed by atoms with E-state index in [9.17, 15) is 5.26 Å². The number of rotatable bonds is 6. The zero-order valence-corrected chi connectivity index (χ0v) is 17.7. The molecule has 1 aromatic heterocycles. The highest BCUT2D eigenvalue weighted by molar-refractivity contribution is 7.98. The minimum absolute atomic E-state index is 0.599. The average Bonchev–Trinajstić information content (AvgIpc) is 3.22. The predicted molar refractivity (Wildman–Crippen MR) is 119 cm³/mol. The van der Waals surface area contributed by atoms with Gasteiger partial charge in [-0.2, -0.15) is 5.26 Å². The molecule has 0 unspecified atom stereocenters. The summed E-state index contributed by atoms with van der Waals surface area (Å²) in [5.74, 6) is 1.99. The molecule has 0 radical (unpaired) electrons. The average molecular weight is 433 g/mol. The first kappa shape index (κ1) is 20.0. The molecule has 1 heterocycles. The zero-order chi connectivity index (χ0) is 20.9. The first-order valence-electron chi connectivity index (χ1n) is 9.17. The van der Waals surface area contributed by atoms with Gasteiger partial charge in [0.05, 0.1) is 24.3 Å². The lowest BCUT2D eigenvalue weighted by Gasteiger charge is -2.12. The SMILES string of the molecule is COc1ccccc1-c1nnc(SCc2ccccc2C#N)n1-c1ccc(Cl)cc1. The molecule has 0 fully saturated rings. The van der Waals surface area contributed by atoms with Crippen LogP contribution in [0.5, 0.6) is 5.75 Å². The fourth-order valence-corrected chi connectivity index (χ4v) is 4.17. The van der Waals surface area contributed by atoms with Crippen LogP contribution in [-0.2, 0) is 5.75 Å². The lowest BCUT2D eigenvalue weighted by atomic mass is 10.1. The lowest BCUT2D eigenvalue weighted by molar-refractivity contribution is 0.416. The van der Waals surface area contributed by atoms with Crippen molar-refractivity contribution in [3.8, 4) is 28.9 Å². The van der Waals surface area contributed by atoms with E-state index in [2.05, 4.69) is 16.3 Å². The molecular weight excluding hydrogens is 416 g/mol. The Balaban J connectivity index is 1.78. The van der Waals surface area contributed by atoms with Gasteiger partial charge in [0, 0.05) is 16.5 Å². The van der Waals surface area contributed by atoms with Crippen molar-refractivity contribution in [2.75, 3.05) is 7.11 Å². The van der Waals surface area contributed by atoms with Gasteiger partial charge in [-0.1, -0.05) is 53.7 Å². The zero-order valence-electron chi connectivity index (χ0n) is 16.1. The van der Waals surface area contributed by atoms with Crippen LogP contribution in [0.2, 0.25) is 5.02 Å². The summed E-state index contributed by atoms with van der Waals surface area (Å²) < 4.78 is 7.51. The Labute approximate surface area is 183 Å². The maximum absolute atomic E-state index is 9.37. The second-order valence-electron chi connectivity index (χ2n) is 6.38. The van der Waals surface area contributed by atoms with E-state index in [1.165, 1.54) is 11.8 Å². The van der Waals surface area contributed by atoms with Crippen molar-refractivity contribution in [3.05, 3.63) is 88.9 Å². The van der Waals surface area contributed by atoms with Gasteiger partial charge in [-0.25, -0.2) is 0 Å². The molecule has 148 valence electrons. The number of methoxy groups -OCH3 is 1. The third kappa shape index (κ3) is 4.04. The molecule has 0 atom stereocenters. The topological polar surface area (TPSA) is 63.7 Å². The highest BCUT2D eigenvalue weighted by atomic mass is 35.5. The maximum atomic E-state index is 9.37. The van der Waals surface area contributed by atoms with Crippen molar-refractivity contribution in [3.63, 3.8) is 0 Å².